The van der Waals surface area contributed by atoms with Crippen molar-refractivity contribution >= 4 is 41.3 Å². The molecule has 1 heterocycles. The van der Waals surface area contributed by atoms with Gasteiger partial charge in [0.25, 0.3) is 0 Å². The van der Waals surface area contributed by atoms with Crippen molar-refractivity contribution in [3.05, 3.63) is 22.4 Å². The fraction of sp³-hybridized carbons (Fsp3) is 0.667. The molecular weight excluding hydrogens is 395 g/mol. The minimum Gasteiger partial charge on any atom is -0.355 e. The van der Waals surface area contributed by atoms with Gasteiger partial charge in [-0.1, -0.05) is 19.9 Å². The van der Waals surface area contributed by atoms with Gasteiger partial charge in [-0.2, -0.15) is 0 Å². The van der Waals surface area contributed by atoms with Crippen molar-refractivity contribution in [2.45, 2.75) is 33.2 Å². The number of hydrogen-bond donors (Lipinski definition) is 2. The molecule has 2 N–H and O–H groups in total. The van der Waals surface area contributed by atoms with Gasteiger partial charge in [-0.25, -0.2) is 0 Å². The molecule has 1 aromatic rings. The van der Waals surface area contributed by atoms with Crippen LogP contribution in [0.2, 0.25) is 0 Å². The van der Waals surface area contributed by atoms with Crippen molar-refractivity contribution in [3.8, 4) is 0 Å². The molecule has 0 fully saturated rings. The van der Waals surface area contributed by atoms with Gasteiger partial charge in [-0.3, -0.25) is 4.99 Å². The SMILES string of the molecule is CCCN(CC)CCNC(=NC)NC(C)c1cccs1.I. The highest BCUT2D eigenvalue weighted by molar-refractivity contribution is 14.0. The smallest absolute Gasteiger partial charge is 0.191 e. The minimum absolute atomic E-state index is 0. The summed E-state index contributed by atoms with van der Waals surface area (Å²) in [6.07, 6.45) is 1.20. The Kier molecular flexibility index (Phi) is 12.0. The molecule has 0 aromatic carbocycles. The first kappa shape index (κ1) is 20.7. The van der Waals surface area contributed by atoms with Crippen LogP contribution in [0.3, 0.4) is 0 Å². The lowest BCUT2D eigenvalue weighted by Gasteiger charge is -2.21. The van der Waals surface area contributed by atoms with Gasteiger partial charge in [0.2, 0.25) is 0 Å². The van der Waals surface area contributed by atoms with Crippen molar-refractivity contribution in [2.24, 2.45) is 4.99 Å². The average Bonchev–Trinajstić information content (AvgIpc) is 2.99. The maximum Gasteiger partial charge on any atom is 0.191 e. The molecule has 0 spiro atoms. The first-order chi connectivity index (χ1) is 9.71. The van der Waals surface area contributed by atoms with E-state index in [1.807, 2.05) is 7.05 Å². The van der Waals surface area contributed by atoms with Crippen molar-refractivity contribution in [3.63, 3.8) is 0 Å². The molecule has 0 saturated heterocycles. The monoisotopic (exact) mass is 424 g/mol. The molecule has 0 aliphatic carbocycles. The zero-order valence-electron chi connectivity index (χ0n) is 13.6. The van der Waals surface area contributed by atoms with E-state index in [-0.39, 0.29) is 24.0 Å². The maximum atomic E-state index is 4.29. The Morgan fingerprint density at radius 2 is 2.14 bits per heavy atom. The summed E-state index contributed by atoms with van der Waals surface area (Å²) in [5.74, 6) is 0.874. The quantitative estimate of drug-likeness (QED) is 0.382. The van der Waals surface area contributed by atoms with Crippen LogP contribution in [-0.2, 0) is 0 Å². The van der Waals surface area contributed by atoms with E-state index in [1.165, 1.54) is 11.3 Å². The molecular formula is C15H29IN4S. The Hall–Kier alpha value is -0.340. The number of hydrogen-bond acceptors (Lipinski definition) is 3. The molecule has 0 aliphatic heterocycles. The van der Waals surface area contributed by atoms with E-state index in [0.717, 1.165) is 32.1 Å². The number of guanidine groups is 1. The summed E-state index contributed by atoms with van der Waals surface area (Å²) in [4.78, 5) is 8.06. The van der Waals surface area contributed by atoms with Crippen molar-refractivity contribution in [1.29, 1.82) is 0 Å². The summed E-state index contributed by atoms with van der Waals surface area (Å²) < 4.78 is 0. The zero-order valence-corrected chi connectivity index (χ0v) is 16.7. The van der Waals surface area contributed by atoms with E-state index in [2.05, 4.69) is 58.8 Å². The normalized spacial score (nSPS) is 12.9. The summed E-state index contributed by atoms with van der Waals surface area (Å²) in [5.41, 5.74) is 0. The van der Waals surface area contributed by atoms with Gasteiger partial charge in [0.05, 0.1) is 6.04 Å². The van der Waals surface area contributed by atoms with E-state index in [9.17, 15) is 0 Å². The molecule has 0 amide bonds. The lowest BCUT2D eigenvalue weighted by atomic mass is 10.3. The first-order valence-electron chi connectivity index (χ1n) is 7.44. The number of likely N-dealkylation sites (N-methyl/N-ethyl adjacent to an activating group) is 1. The number of aliphatic imine (C=N–C) groups is 1. The lowest BCUT2D eigenvalue weighted by Crippen LogP contribution is -2.42. The molecule has 21 heavy (non-hydrogen) atoms. The molecule has 122 valence electrons. The van der Waals surface area contributed by atoms with Crippen LogP contribution < -0.4 is 10.6 Å². The number of nitrogens with one attached hydrogen (secondary N) is 2. The third kappa shape index (κ3) is 8.01. The number of thiophene rings is 1. The molecule has 1 aromatic heterocycles. The van der Waals surface area contributed by atoms with Crippen LogP contribution in [0.1, 0.15) is 38.1 Å². The Balaban J connectivity index is 0.00000400. The maximum absolute atomic E-state index is 4.29. The van der Waals surface area contributed by atoms with Crippen LogP contribution in [0.5, 0.6) is 0 Å². The van der Waals surface area contributed by atoms with Crippen molar-refractivity contribution in [2.75, 3.05) is 33.2 Å². The average molecular weight is 424 g/mol. The summed E-state index contributed by atoms with van der Waals surface area (Å²) in [6, 6.07) is 4.52. The molecule has 0 bridgehead atoms. The van der Waals surface area contributed by atoms with Gasteiger partial charge in [0, 0.05) is 25.0 Å². The van der Waals surface area contributed by atoms with Gasteiger partial charge in [0.1, 0.15) is 0 Å². The van der Waals surface area contributed by atoms with E-state index < -0.39 is 0 Å². The van der Waals surface area contributed by atoms with Crippen LogP contribution >= 0.6 is 35.3 Å². The Bertz CT molecular complexity index is 381. The summed E-state index contributed by atoms with van der Waals surface area (Å²) in [6.45, 7) is 10.8. The third-order valence-corrected chi connectivity index (χ3v) is 4.31. The fourth-order valence-corrected chi connectivity index (χ4v) is 2.82. The van der Waals surface area contributed by atoms with Gasteiger partial charge in [-0.05, 0) is 37.9 Å². The van der Waals surface area contributed by atoms with Crippen molar-refractivity contribution < 1.29 is 0 Å². The number of nitrogens with zero attached hydrogens (tertiary/aromatic N) is 2. The molecule has 6 heteroatoms. The topological polar surface area (TPSA) is 39.7 Å². The molecule has 1 atom stereocenters. The van der Waals surface area contributed by atoms with Gasteiger partial charge < -0.3 is 15.5 Å². The second-order valence-electron chi connectivity index (χ2n) is 4.81. The molecule has 0 aliphatic rings. The highest BCUT2D eigenvalue weighted by Gasteiger charge is 2.08. The largest absolute Gasteiger partial charge is 0.355 e. The van der Waals surface area contributed by atoms with E-state index in [0.29, 0.717) is 6.04 Å². The van der Waals surface area contributed by atoms with Gasteiger partial charge >= 0.3 is 0 Å². The van der Waals surface area contributed by atoms with Crippen LogP contribution in [0.15, 0.2) is 22.5 Å². The molecule has 1 unspecified atom stereocenters. The number of rotatable bonds is 8. The van der Waals surface area contributed by atoms with Gasteiger partial charge in [0.15, 0.2) is 5.96 Å². The van der Waals surface area contributed by atoms with Crippen LogP contribution in [-0.4, -0.2) is 44.1 Å². The summed E-state index contributed by atoms with van der Waals surface area (Å²) in [5, 5.41) is 8.92. The predicted molar refractivity (Wildman–Crippen MR) is 105 cm³/mol. The predicted octanol–water partition coefficient (Wildman–Crippen LogP) is 3.32. The van der Waals surface area contributed by atoms with Gasteiger partial charge in [-0.15, -0.1) is 35.3 Å². The third-order valence-electron chi connectivity index (χ3n) is 3.25. The van der Waals surface area contributed by atoms with E-state index in [1.54, 1.807) is 11.3 Å². The standard InChI is InChI=1S/C15H28N4S.HI/c1-5-10-19(6-2)11-9-17-15(16-4)18-13(3)14-8-7-12-20-14;/h7-8,12-13H,5-6,9-11H2,1-4H3,(H2,16,17,18);1H. The second-order valence-corrected chi connectivity index (χ2v) is 5.79. The van der Waals surface area contributed by atoms with Crippen LogP contribution in [0.4, 0.5) is 0 Å². The van der Waals surface area contributed by atoms with E-state index >= 15 is 0 Å². The zero-order chi connectivity index (χ0) is 14.8. The lowest BCUT2D eigenvalue weighted by molar-refractivity contribution is 0.293. The highest BCUT2D eigenvalue weighted by atomic mass is 127. The first-order valence-corrected chi connectivity index (χ1v) is 8.32. The molecule has 0 saturated carbocycles. The summed E-state index contributed by atoms with van der Waals surface area (Å²) in [7, 11) is 1.82. The number of halogens is 1. The molecule has 4 nitrogen and oxygen atoms in total. The Labute approximate surface area is 150 Å². The van der Waals surface area contributed by atoms with Crippen molar-refractivity contribution in [1.82, 2.24) is 15.5 Å². The Morgan fingerprint density at radius 3 is 2.67 bits per heavy atom. The van der Waals surface area contributed by atoms with Crippen LogP contribution in [0, 0.1) is 0 Å². The fourth-order valence-electron chi connectivity index (χ4n) is 2.09. The minimum atomic E-state index is 0. The second kappa shape index (κ2) is 12.2. The highest BCUT2D eigenvalue weighted by Crippen LogP contribution is 2.17. The van der Waals surface area contributed by atoms with E-state index in [4.69, 9.17) is 0 Å². The Morgan fingerprint density at radius 1 is 1.38 bits per heavy atom. The summed E-state index contributed by atoms with van der Waals surface area (Å²) >= 11 is 1.77. The molecule has 0 radical (unpaired) electrons. The van der Waals surface area contributed by atoms with Crippen LogP contribution in [0.25, 0.3) is 0 Å². The molecule has 1 rings (SSSR count).